The molecule has 11 heteroatoms. The Morgan fingerprint density at radius 1 is 0.646 bits per heavy atom. The first-order valence-corrected chi connectivity index (χ1v) is 16.2. The lowest BCUT2D eigenvalue weighted by atomic mass is 9.93. The van der Waals surface area contributed by atoms with Crippen molar-refractivity contribution in [2.45, 2.75) is 6.42 Å². The number of amides is 4. The Kier molecular flexibility index (Phi) is 8.24. The van der Waals surface area contributed by atoms with Gasteiger partial charge in [-0.2, -0.15) is 0 Å². The van der Waals surface area contributed by atoms with Crippen LogP contribution in [0.2, 0.25) is 0 Å². The van der Waals surface area contributed by atoms with Gasteiger partial charge in [-0.15, -0.1) is 0 Å². The van der Waals surface area contributed by atoms with E-state index in [0.29, 0.717) is 52.7 Å². The number of benzene rings is 4. The summed E-state index contributed by atoms with van der Waals surface area (Å²) < 4.78 is 1.88. The maximum Gasteiger partial charge on any atom is 0.261 e. The van der Waals surface area contributed by atoms with Crippen molar-refractivity contribution in [1.29, 1.82) is 0 Å². The quantitative estimate of drug-likeness (QED) is 0.200. The fourth-order valence-electron chi connectivity index (χ4n) is 6.90. The molecule has 0 aliphatic carbocycles. The van der Waals surface area contributed by atoms with Crippen LogP contribution in [0, 0.1) is 0 Å². The zero-order chi connectivity index (χ0) is 33.5. The lowest BCUT2D eigenvalue weighted by Crippen LogP contribution is -2.45. The Hall–Kier alpha value is -5.39. The van der Waals surface area contributed by atoms with Crippen molar-refractivity contribution in [3.63, 3.8) is 0 Å². The van der Waals surface area contributed by atoms with Gasteiger partial charge in [-0.05, 0) is 70.0 Å². The molecule has 1 N–H and O–H groups in total. The minimum Gasteiger partial charge on any atom is -0.388 e. The largest absolute Gasteiger partial charge is 0.388 e. The number of carbonyl (C=O) groups is 4. The average molecular weight is 644 g/mol. The van der Waals surface area contributed by atoms with Gasteiger partial charge in [0.25, 0.3) is 23.6 Å². The summed E-state index contributed by atoms with van der Waals surface area (Å²) in [5.41, 5.74) is 3.91. The molecule has 0 saturated heterocycles. The van der Waals surface area contributed by atoms with Crippen LogP contribution in [0.5, 0.6) is 0 Å². The van der Waals surface area contributed by atoms with E-state index in [-0.39, 0.29) is 30.2 Å². The molecule has 11 nitrogen and oxygen atoms in total. The second kappa shape index (κ2) is 12.7. The van der Waals surface area contributed by atoms with Crippen LogP contribution in [0.25, 0.3) is 27.2 Å². The number of likely N-dealkylation sites (N-methyl/N-ethyl adjacent to an activating group) is 2. The number of imidazole rings is 1. The number of carbonyl (C=O) groups excluding carboxylic acids is 4. The van der Waals surface area contributed by atoms with Crippen molar-refractivity contribution in [2.24, 2.45) is 0 Å². The maximum absolute atomic E-state index is 13.5. The van der Waals surface area contributed by atoms with E-state index in [1.165, 1.54) is 9.80 Å². The fourth-order valence-corrected chi connectivity index (χ4v) is 6.90. The molecular weight excluding hydrogens is 606 g/mol. The Bertz CT molecular complexity index is 2050. The highest BCUT2D eigenvalue weighted by atomic mass is 16.2. The average Bonchev–Trinajstić information content (AvgIpc) is 3.64. The van der Waals surface area contributed by atoms with Crippen LogP contribution < -0.4 is 5.32 Å². The molecule has 4 amide bonds. The summed E-state index contributed by atoms with van der Waals surface area (Å²) in [6.45, 7) is 3.18. The van der Waals surface area contributed by atoms with Crippen molar-refractivity contribution in [2.75, 3.05) is 65.7 Å². The number of nitrogens with one attached hydrogen (secondary N) is 1. The summed E-state index contributed by atoms with van der Waals surface area (Å²) in [5.74, 6) is -1.09. The predicted octanol–water partition coefficient (Wildman–Crippen LogP) is 4.37. The van der Waals surface area contributed by atoms with E-state index >= 15 is 0 Å². The number of imide groups is 2. The molecule has 5 aromatic rings. The van der Waals surface area contributed by atoms with Gasteiger partial charge in [0.05, 0.1) is 12.0 Å². The third-order valence-electron chi connectivity index (χ3n) is 9.50. The Morgan fingerprint density at radius 2 is 1.17 bits per heavy atom. The van der Waals surface area contributed by atoms with Crippen molar-refractivity contribution >= 4 is 50.9 Å². The zero-order valence-electron chi connectivity index (χ0n) is 27.3. The van der Waals surface area contributed by atoms with Gasteiger partial charge in [0.2, 0.25) is 0 Å². The SMILES string of the molecule is CNc1ccc2c3c(cccc13)C(=O)N(CCN(C)CCCN(C)CCN1C(=O)c3cccc4c(-n5ccnc5)ccc(c34)C1=O)C2=O. The molecule has 3 heterocycles. The predicted molar refractivity (Wildman–Crippen MR) is 185 cm³/mol. The van der Waals surface area contributed by atoms with E-state index in [0.717, 1.165) is 41.7 Å². The molecule has 0 bridgehead atoms. The summed E-state index contributed by atoms with van der Waals surface area (Å²) in [6.07, 6.45) is 6.07. The maximum atomic E-state index is 13.5. The molecule has 0 spiro atoms. The van der Waals surface area contributed by atoms with Crippen LogP contribution in [0.3, 0.4) is 0 Å². The Balaban J connectivity index is 0.920. The number of rotatable bonds is 12. The topological polar surface area (TPSA) is 111 Å². The number of anilines is 1. The highest BCUT2D eigenvalue weighted by molar-refractivity contribution is 6.27. The first kappa shape index (κ1) is 31.2. The van der Waals surface area contributed by atoms with Gasteiger partial charge in [-0.3, -0.25) is 29.0 Å². The van der Waals surface area contributed by atoms with Crippen LogP contribution >= 0.6 is 0 Å². The molecule has 4 aromatic carbocycles. The molecule has 1 aromatic heterocycles. The first-order valence-electron chi connectivity index (χ1n) is 16.2. The number of hydrogen-bond acceptors (Lipinski definition) is 8. The van der Waals surface area contributed by atoms with Crippen LogP contribution in [0.1, 0.15) is 47.9 Å². The van der Waals surface area contributed by atoms with Gasteiger partial charge < -0.3 is 19.7 Å². The molecule has 0 atom stereocenters. The van der Waals surface area contributed by atoms with E-state index < -0.39 is 0 Å². The monoisotopic (exact) mass is 643 g/mol. The Morgan fingerprint density at radius 3 is 1.71 bits per heavy atom. The summed E-state index contributed by atoms with van der Waals surface area (Å²) >= 11 is 0. The Labute approximate surface area is 278 Å². The van der Waals surface area contributed by atoms with E-state index in [1.54, 1.807) is 36.8 Å². The second-order valence-corrected chi connectivity index (χ2v) is 12.5. The molecule has 2 aliphatic rings. The van der Waals surface area contributed by atoms with Crippen LogP contribution in [0.15, 0.2) is 79.4 Å². The van der Waals surface area contributed by atoms with Gasteiger partial charge in [0, 0.05) is 95.1 Å². The molecule has 48 heavy (non-hydrogen) atoms. The fraction of sp³-hybridized carbons (Fsp3) is 0.270. The lowest BCUT2D eigenvalue weighted by molar-refractivity contribution is 0.0585. The van der Waals surface area contributed by atoms with Crippen molar-refractivity contribution in [3.05, 3.63) is 102 Å². The third kappa shape index (κ3) is 5.30. The van der Waals surface area contributed by atoms with E-state index in [2.05, 4.69) is 20.1 Å². The standard InChI is InChI=1S/C37H37N7O4/c1-38-30-13-11-28-32-24(30)7-4-9-26(32)34(45)43(36(28)47)21-19-40(2)16-6-17-41(3)20-22-44-35(46)27-10-5-8-25-31(42-18-15-39-23-42)14-12-29(33(25)27)37(44)48/h4-5,7-15,18,23,38H,6,16-17,19-22H2,1-3H3. The summed E-state index contributed by atoms with van der Waals surface area (Å²) in [6, 6.07) is 18.5. The number of nitrogens with zero attached hydrogens (tertiary/aromatic N) is 6. The second-order valence-electron chi connectivity index (χ2n) is 12.5. The van der Waals surface area contributed by atoms with Crippen LogP contribution in [-0.2, 0) is 0 Å². The molecule has 0 radical (unpaired) electrons. The summed E-state index contributed by atoms with van der Waals surface area (Å²) in [7, 11) is 5.78. The van der Waals surface area contributed by atoms with Gasteiger partial charge in [-0.25, -0.2) is 4.98 Å². The minimum atomic E-state index is -0.280. The molecule has 0 saturated carbocycles. The molecule has 7 rings (SSSR count). The number of aromatic nitrogens is 2. The normalized spacial score (nSPS) is 14.4. The van der Waals surface area contributed by atoms with Crippen molar-refractivity contribution < 1.29 is 19.2 Å². The molecule has 0 fully saturated rings. The molecular formula is C37H37N7O4. The van der Waals surface area contributed by atoms with E-state index in [9.17, 15) is 19.2 Å². The van der Waals surface area contributed by atoms with Gasteiger partial charge in [-0.1, -0.05) is 24.3 Å². The third-order valence-corrected chi connectivity index (χ3v) is 9.50. The van der Waals surface area contributed by atoms with E-state index in [4.69, 9.17) is 0 Å². The van der Waals surface area contributed by atoms with Crippen LogP contribution in [0.4, 0.5) is 5.69 Å². The highest BCUT2D eigenvalue weighted by Gasteiger charge is 2.34. The first-order chi connectivity index (χ1) is 23.3. The lowest BCUT2D eigenvalue weighted by Gasteiger charge is -2.30. The smallest absolute Gasteiger partial charge is 0.261 e. The van der Waals surface area contributed by atoms with Crippen LogP contribution in [-0.4, -0.2) is 113 Å². The zero-order valence-corrected chi connectivity index (χ0v) is 27.3. The summed E-state index contributed by atoms with van der Waals surface area (Å²) in [4.78, 5) is 64.9. The van der Waals surface area contributed by atoms with Gasteiger partial charge >= 0.3 is 0 Å². The van der Waals surface area contributed by atoms with Crippen molar-refractivity contribution in [1.82, 2.24) is 29.2 Å². The summed E-state index contributed by atoms with van der Waals surface area (Å²) in [5, 5.41) is 6.24. The van der Waals surface area contributed by atoms with Crippen molar-refractivity contribution in [3.8, 4) is 5.69 Å². The minimum absolute atomic E-state index is 0.265. The van der Waals surface area contributed by atoms with E-state index in [1.807, 2.05) is 68.3 Å². The molecule has 2 aliphatic heterocycles. The number of hydrogen-bond donors (Lipinski definition) is 1. The molecule has 244 valence electrons. The van der Waals surface area contributed by atoms with Gasteiger partial charge in [0.15, 0.2) is 0 Å². The highest BCUT2D eigenvalue weighted by Crippen LogP contribution is 2.35. The molecule has 0 unspecified atom stereocenters. The van der Waals surface area contributed by atoms with Gasteiger partial charge in [0.1, 0.15) is 0 Å².